The van der Waals surface area contributed by atoms with Crippen molar-refractivity contribution in [3.05, 3.63) is 29.8 Å². The average molecular weight is 233 g/mol. The predicted octanol–water partition coefficient (Wildman–Crippen LogP) is 3.19. The summed E-state index contributed by atoms with van der Waals surface area (Å²) in [5, 5.41) is 3.42. The van der Waals surface area contributed by atoms with Gasteiger partial charge >= 0.3 is 0 Å². The Morgan fingerprint density at radius 3 is 3.00 bits per heavy atom. The summed E-state index contributed by atoms with van der Waals surface area (Å²) in [4.78, 5) is 0. The van der Waals surface area contributed by atoms with Crippen LogP contribution in [0.4, 0.5) is 0 Å². The molecule has 1 aromatic rings. The van der Waals surface area contributed by atoms with Gasteiger partial charge in [0.15, 0.2) is 0 Å². The summed E-state index contributed by atoms with van der Waals surface area (Å²) in [7, 11) is 0. The molecule has 1 fully saturated rings. The van der Waals surface area contributed by atoms with Gasteiger partial charge in [0.1, 0.15) is 5.75 Å². The van der Waals surface area contributed by atoms with Crippen LogP contribution in [-0.2, 0) is 0 Å². The SMILES string of the molecule is CC(C)c1cccc(OC[C@H]2CCCNC2)c1. The van der Waals surface area contributed by atoms with E-state index in [1.54, 1.807) is 0 Å². The quantitative estimate of drug-likeness (QED) is 0.862. The third-order valence-electron chi connectivity index (χ3n) is 3.41. The highest BCUT2D eigenvalue weighted by atomic mass is 16.5. The van der Waals surface area contributed by atoms with Crippen LogP contribution in [0.1, 0.15) is 38.2 Å². The molecular weight excluding hydrogens is 210 g/mol. The fourth-order valence-corrected chi connectivity index (χ4v) is 2.24. The van der Waals surface area contributed by atoms with E-state index in [2.05, 4.69) is 43.4 Å². The van der Waals surface area contributed by atoms with E-state index in [0.29, 0.717) is 11.8 Å². The van der Waals surface area contributed by atoms with Crippen molar-refractivity contribution in [1.82, 2.24) is 5.32 Å². The molecule has 1 N–H and O–H groups in total. The molecule has 1 aliphatic heterocycles. The molecule has 1 heterocycles. The van der Waals surface area contributed by atoms with E-state index in [0.717, 1.165) is 18.9 Å². The Bertz CT molecular complexity index is 343. The lowest BCUT2D eigenvalue weighted by Gasteiger charge is -2.23. The minimum absolute atomic E-state index is 0.565. The van der Waals surface area contributed by atoms with Gasteiger partial charge in [-0.15, -0.1) is 0 Å². The van der Waals surface area contributed by atoms with Gasteiger partial charge in [-0.3, -0.25) is 0 Å². The maximum atomic E-state index is 5.90. The maximum absolute atomic E-state index is 5.90. The Kier molecular flexibility index (Phi) is 4.43. The van der Waals surface area contributed by atoms with E-state index < -0.39 is 0 Å². The van der Waals surface area contributed by atoms with E-state index in [4.69, 9.17) is 4.74 Å². The fourth-order valence-electron chi connectivity index (χ4n) is 2.24. The molecule has 1 aromatic carbocycles. The smallest absolute Gasteiger partial charge is 0.119 e. The summed E-state index contributed by atoms with van der Waals surface area (Å²) in [6.45, 7) is 7.53. The average Bonchev–Trinajstić information content (AvgIpc) is 2.38. The van der Waals surface area contributed by atoms with E-state index in [1.165, 1.54) is 24.9 Å². The molecule has 2 rings (SSSR count). The zero-order valence-electron chi connectivity index (χ0n) is 10.9. The van der Waals surface area contributed by atoms with Gasteiger partial charge in [0.25, 0.3) is 0 Å². The number of ether oxygens (including phenoxy) is 1. The van der Waals surface area contributed by atoms with Crippen molar-refractivity contribution in [3.63, 3.8) is 0 Å². The Morgan fingerprint density at radius 2 is 2.29 bits per heavy atom. The van der Waals surface area contributed by atoms with Crippen molar-refractivity contribution in [2.75, 3.05) is 19.7 Å². The van der Waals surface area contributed by atoms with Crippen LogP contribution in [0.25, 0.3) is 0 Å². The first-order chi connectivity index (χ1) is 8.25. The molecule has 0 aliphatic carbocycles. The normalized spacial score (nSPS) is 20.5. The lowest BCUT2D eigenvalue weighted by molar-refractivity contribution is 0.218. The molecule has 0 bridgehead atoms. The molecule has 1 saturated heterocycles. The van der Waals surface area contributed by atoms with Crippen LogP contribution in [0.5, 0.6) is 5.75 Å². The van der Waals surface area contributed by atoms with Crippen LogP contribution < -0.4 is 10.1 Å². The summed E-state index contributed by atoms with van der Waals surface area (Å²) >= 11 is 0. The summed E-state index contributed by atoms with van der Waals surface area (Å²) in [6.07, 6.45) is 2.57. The number of benzene rings is 1. The van der Waals surface area contributed by atoms with Crippen LogP contribution >= 0.6 is 0 Å². The largest absolute Gasteiger partial charge is 0.493 e. The Labute approximate surface area is 104 Å². The second-order valence-electron chi connectivity index (χ2n) is 5.25. The summed E-state index contributed by atoms with van der Waals surface area (Å²) in [6, 6.07) is 8.48. The summed E-state index contributed by atoms with van der Waals surface area (Å²) in [5.41, 5.74) is 1.35. The molecule has 0 amide bonds. The summed E-state index contributed by atoms with van der Waals surface area (Å²) < 4.78 is 5.90. The molecule has 0 spiro atoms. The summed E-state index contributed by atoms with van der Waals surface area (Å²) in [5.74, 6) is 2.25. The zero-order valence-corrected chi connectivity index (χ0v) is 10.9. The number of hydrogen-bond donors (Lipinski definition) is 1. The van der Waals surface area contributed by atoms with E-state index >= 15 is 0 Å². The molecular formula is C15H23NO. The van der Waals surface area contributed by atoms with Gasteiger partial charge in [-0.05, 0) is 43.0 Å². The highest BCUT2D eigenvalue weighted by Gasteiger charge is 2.13. The van der Waals surface area contributed by atoms with Crippen molar-refractivity contribution in [1.29, 1.82) is 0 Å². The first kappa shape index (κ1) is 12.4. The number of hydrogen-bond acceptors (Lipinski definition) is 2. The first-order valence-electron chi connectivity index (χ1n) is 6.69. The molecule has 0 radical (unpaired) electrons. The number of piperidine rings is 1. The van der Waals surface area contributed by atoms with Gasteiger partial charge in [0.05, 0.1) is 6.61 Å². The van der Waals surface area contributed by atoms with Crippen molar-refractivity contribution >= 4 is 0 Å². The van der Waals surface area contributed by atoms with Gasteiger partial charge in [-0.1, -0.05) is 26.0 Å². The van der Waals surface area contributed by atoms with Crippen molar-refractivity contribution in [3.8, 4) is 5.75 Å². The minimum atomic E-state index is 0.565. The standard InChI is InChI=1S/C15H23NO/c1-12(2)14-6-3-7-15(9-14)17-11-13-5-4-8-16-10-13/h3,6-7,9,12-13,16H,4-5,8,10-11H2,1-2H3/t13-/m0/s1. The lowest BCUT2D eigenvalue weighted by atomic mass is 10.0. The highest BCUT2D eigenvalue weighted by Crippen LogP contribution is 2.21. The minimum Gasteiger partial charge on any atom is -0.493 e. The Morgan fingerprint density at radius 1 is 1.41 bits per heavy atom. The highest BCUT2D eigenvalue weighted by molar-refractivity contribution is 5.30. The van der Waals surface area contributed by atoms with Crippen molar-refractivity contribution in [2.45, 2.75) is 32.6 Å². The van der Waals surface area contributed by atoms with Gasteiger partial charge < -0.3 is 10.1 Å². The number of nitrogens with one attached hydrogen (secondary N) is 1. The van der Waals surface area contributed by atoms with Crippen LogP contribution in [-0.4, -0.2) is 19.7 Å². The molecule has 0 saturated carbocycles. The Hall–Kier alpha value is -1.02. The second-order valence-corrected chi connectivity index (χ2v) is 5.25. The topological polar surface area (TPSA) is 21.3 Å². The molecule has 0 unspecified atom stereocenters. The molecule has 17 heavy (non-hydrogen) atoms. The van der Waals surface area contributed by atoms with E-state index in [1.807, 2.05) is 0 Å². The molecule has 2 heteroatoms. The van der Waals surface area contributed by atoms with Crippen LogP contribution in [0.2, 0.25) is 0 Å². The van der Waals surface area contributed by atoms with Gasteiger partial charge in [-0.2, -0.15) is 0 Å². The van der Waals surface area contributed by atoms with Gasteiger partial charge in [0.2, 0.25) is 0 Å². The van der Waals surface area contributed by atoms with E-state index in [9.17, 15) is 0 Å². The van der Waals surface area contributed by atoms with Crippen LogP contribution in [0, 0.1) is 5.92 Å². The lowest BCUT2D eigenvalue weighted by Crippen LogP contribution is -2.33. The number of rotatable bonds is 4. The fraction of sp³-hybridized carbons (Fsp3) is 0.600. The molecule has 94 valence electrons. The van der Waals surface area contributed by atoms with Crippen molar-refractivity contribution < 1.29 is 4.74 Å². The monoisotopic (exact) mass is 233 g/mol. The van der Waals surface area contributed by atoms with Crippen LogP contribution in [0.15, 0.2) is 24.3 Å². The van der Waals surface area contributed by atoms with Gasteiger partial charge in [-0.25, -0.2) is 0 Å². The molecule has 1 atom stereocenters. The maximum Gasteiger partial charge on any atom is 0.119 e. The third-order valence-corrected chi connectivity index (χ3v) is 3.41. The van der Waals surface area contributed by atoms with E-state index in [-0.39, 0.29) is 0 Å². The zero-order chi connectivity index (χ0) is 12.1. The molecule has 2 nitrogen and oxygen atoms in total. The third kappa shape index (κ3) is 3.74. The van der Waals surface area contributed by atoms with Gasteiger partial charge in [0, 0.05) is 12.5 Å². The molecule has 1 aliphatic rings. The van der Waals surface area contributed by atoms with Crippen molar-refractivity contribution in [2.24, 2.45) is 5.92 Å². The first-order valence-corrected chi connectivity index (χ1v) is 6.69. The van der Waals surface area contributed by atoms with Crippen LogP contribution in [0.3, 0.4) is 0 Å². The second kappa shape index (κ2) is 6.06. The molecule has 0 aromatic heterocycles. The predicted molar refractivity (Wildman–Crippen MR) is 71.6 cm³/mol. The Balaban J connectivity index is 1.87.